The number of benzene rings is 2. The zero-order chi connectivity index (χ0) is 24.7. The number of fused-ring (bicyclic) bond motifs is 1. The van der Waals surface area contributed by atoms with Crippen LogP contribution in [0.25, 0.3) is 16.2 Å². The minimum absolute atomic E-state index is 0.0939. The van der Waals surface area contributed by atoms with Crippen molar-refractivity contribution in [1.82, 2.24) is 19.5 Å². The zero-order valence-corrected chi connectivity index (χ0v) is 20.6. The third-order valence-electron chi connectivity index (χ3n) is 5.73. The SMILES string of the molecule is CC(C)(C)Nc1c(-c2cccc(F)c2)nc2sc(N3CCN(C(=O)c4ccccc4F)CC3)nn12. The largest absolute Gasteiger partial charge is 0.364 e. The highest BCUT2D eigenvalue weighted by Crippen LogP contribution is 2.35. The molecule has 0 radical (unpaired) electrons. The molecule has 1 amide bonds. The van der Waals surface area contributed by atoms with Gasteiger partial charge in [0, 0.05) is 37.3 Å². The van der Waals surface area contributed by atoms with Crippen LogP contribution < -0.4 is 10.2 Å². The fraction of sp³-hybridized carbons (Fsp3) is 0.320. The average Bonchev–Trinajstić information content (AvgIpc) is 3.37. The van der Waals surface area contributed by atoms with Crippen LogP contribution in [0.1, 0.15) is 31.1 Å². The second-order valence-corrected chi connectivity index (χ2v) is 10.5. The molecular formula is C25H26F2N6OS. The van der Waals surface area contributed by atoms with Crippen LogP contribution in [0.5, 0.6) is 0 Å². The van der Waals surface area contributed by atoms with Gasteiger partial charge in [0.2, 0.25) is 10.1 Å². The molecule has 1 saturated heterocycles. The van der Waals surface area contributed by atoms with Gasteiger partial charge in [0.1, 0.15) is 17.3 Å². The summed E-state index contributed by atoms with van der Waals surface area (Å²) < 4.78 is 29.7. The predicted molar refractivity (Wildman–Crippen MR) is 134 cm³/mol. The molecule has 3 heterocycles. The number of aromatic nitrogens is 3. The number of rotatable bonds is 4. The molecule has 182 valence electrons. The molecule has 10 heteroatoms. The number of carbonyl (C=O) groups is 1. The van der Waals surface area contributed by atoms with Crippen molar-refractivity contribution in [3.8, 4) is 11.3 Å². The first-order chi connectivity index (χ1) is 16.7. The monoisotopic (exact) mass is 496 g/mol. The highest BCUT2D eigenvalue weighted by Gasteiger charge is 2.27. The van der Waals surface area contributed by atoms with Gasteiger partial charge in [0.15, 0.2) is 5.82 Å². The Morgan fingerprint density at radius 3 is 2.46 bits per heavy atom. The molecule has 5 rings (SSSR count). The Balaban J connectivity index is 1.39. The highest BCUT2D eigenvalue weighted by molar-refractivity contribution is 7.20. The van der Waals surface area contributed by atoms with Crippen LogP contribution in [0.4, 0.5) is 19.7 Å². The molecule has 0 aliphatic carbocycles. The van der Waals surface area contributed by atoms with Gasteiger partial charge in [0.25, 0.3) is 5.91 Å². The number of hydrogen-bond acceptors (Lipinski definition) is 6. The number of nitrogens with one attached hydrogen (secondary N) is 1. The maximum Gasteiger partial charge on any atom is 0.256 e. The van der Waals surface area contributed by atoms with Crippen molar-refractivity contribution in [3.63, 3.8) is 0 Å². The maximum absolute atomic E-state index is 14.0. The first-order valence-electron chi connectivity index (χ1n) is 11.4. The van der Waals surface area contributed by atoms with Crippen LogP contribution in [-0.4, -0.2) is 57.1 Å². The lowest BCUT2D eigenvalue weighted by atomic mass is 10.1. The van der Waals surface area contributed by atoms with Gasteiger partial charge in [0.05, 0.1) is 5.56 Å². The molecule has 2 aromatic heterocycles. The molecule has 1 aliphatic heterocycles. The number of halogens is 2. The number of piperazine rings is 1. The lowest BCUT2D eigenvalue weighted by molar-refractivity contribution is 0.0742. The number of carbonyl (C=O) groups excluding carboxylic acids is 1. The lowest BCUT2D eigenvalue weighted by Gasteiger charge is -2.34. The average molecular weight is 497 g/mol. The summed E-state index contributed by atoms with van der Waals surface area (Å²) in [5, 5.41) is 9.06. The fourth-order valence-electron chi connectivity index (χ4n) is 4.08. The lowest BCUT2D eigenvalue weighted by Crippen LogP contribution is -2.49. The quantitative estimate of drug-likeness (QED) is 0.435. The van der Waals surface area contributed by atoms with E-state index < -0.39 is 5.82 Å². The summed E-state index contributed by atoms with van der Waals surface area (Å²) in [7, 11) is 0. The van der Waals surface area contributed by atoms with E-state index in [1.807, 2.05) is 26.8 Å². The standard InChI is InChI=1S/C25H26F2N6OS/c1-25(2,3)29-21-20(16-7-6-8-17(26)15-16)28-23-33(21)30-24(35-23)32-13-11-31(12-14-32)22(34)18-9-4-5-10-19(18)27/h4-10,15,29H,11-14H2,1-3H3. The summed E-state index contributed by atoms with van der Waals surface area (Å²) >= 11 is 1.44. The van der Waals surface area contributed by atoms with Crippen LogP contribution in [0.15, 0.2) is 48.5 Å². The number of imidazole rings is 1. The van der Waals surface area contributed by atoms with Crippen molar-refractivity contribution in [3.05, 3.63) is 65.7 Å². The summed E-state index contributed by atoms with van der Waals surface area (Å²) in [4.78, 5) is 22.0. The van der Waals surface area contributed by atoms with E-state index >= 15 is 0 Å². The van der Waals surface area contributed by atoms with Gasteiger partial charge in [-0.05, 0) is 45.0 Å². The van der Waals surface area contributed by atoms with E-state index in [1.165, 1.54) is 35.6 Å². The molecule has 1 N–H and O–H groups in total. The summed E-state index contributed by atoms with van der Waals surface area (Å²) in [6.07, 6.45) is 0. The van der Waals surface area contributed by atoms with Crippen LogP contribution in [0, 0.1) is 11.6 Å². The van der Waals surface area contributed by atoms with Gasteiger partial charge in [-0.3, -0.25) is 4.79 Å². The predicted octanol–water partition coefficient (Wildman–Crippen LogP) is 4.91. The molecule has 7 nitrogen and oxygen atoms in total. The summed E-state index contributed by atoms with van der Waals surface area (Å²) in [5.41, 5.74) is 1.15. The van der Waals surface area contributed by atoms with Crippen molar-refractivity contribution in [2.45, 2.75) is 26.3 Å². The summed E-state index contributed by atoms with van der Waals surface area (Å²) in [6.45, 7) is 8.22. The van der Waals surface area contributed by atoms with Crippen molar-refractivity contribution in [2.24, 2.45) is 0 Å². The Bertz CT molecular complexity index is 1380. The molecular weight excluding hydrogens is 470 g/mol. The number of hydrogen-bond donors (Lipinski definition) is 1. The first-order valence-corrected chi connectivity index (χ1v) is 12.2. The molecule has 1 fully saturated rings. The third-order valence-corrected chi connectivity index (χ3v) is 6.70. The molecule has 0 saturated carbocycles. The van der Waals surface area contributed by atoms with Gasteiger partial charge >= 0.3 is 0 Å². The molecule has 2 aromatic carbocycles. The highest BCUT2D eigenvalue weighted by atomic mass is 32.1. The smallest absolute Gasteiger partial charge is 0.256 e. The van der Waals surface area contributed by atoms with Crippen LogP contribution >= 0.6 is 11.3 Å². The van der Waals surface area contributed by atoms with Gasteiger partial charge in [-0.25, -0.2) is 13.8 Å². The van der Waals surface area contributed by atoms with E-state index in [2.05, 4.69) is 10.2 Å². The van der Waals surface area contributed by atoms with Gasteiger partial charge in [-0.1, -0.05) is 35.6 Å². The Morgan fingerprint density at radius 1 is 1.03 bits per heavy atom. The normalized spacial score (nSPS) is 14.5. The van der Waals surface area contributed by atoms with Crippen LogP contribution in [0.2, 0.25) is 0 Å². The number of anilines is 2. The van der Waals surface area contributed by atoms with E-state index in [4.69, 9.17) is 10.1 Å². The van der Waals surface area contributed by atoms with E-state index in [0.29, 0.717) is 48.2 Å². The Hall–Kier alpha value is -3.53. The van der Waals surface area contributed by atoms with E-state index in [1.54, 1.807) is 27.6 Å². The zero-order valence-electron chi connectivity index (χ0n) is 19.8. The molecule has 0 spiro atoms. The maximum atomic E-state index is 14.0. The van der Waals surface area contributed by atoms with Gasteiger partial charge in [-0.15, -0.1) is 5.10 Å². The molecule has 4 aromatic rings. The van der Waals surface area contributed by atoms with Crippen LogP contribution in [0.3, 0.4) is 0 Å². The molecule has 1 aliphatic rings. The minimum Gasteiger partial charge on any atom is -0.364 e. The van der Waals surface area contributed by atoms with Crippen LogP contribution in [-0.2, 0) is 0 Å². The molecule has 0 unspecified atom stereocenters. The van der Waals surface area contributed by atoms with Gasteiger partial charge in [-0.2, -0.15) is 4.52 Å². The van der Waals surface area contributed by atoms with Crippen molar-refractivity contribution >= 4 is 33.2 Å². The molecule has 0 bridgehead atoms. The summed E-state index contributed by atoms with van der Waals surface area (Å²) in [5.74, 6) is -0.423. The topological polar surface area (TPSA) is 65.8 Å². The van der Waals surface area contributed by atoms with Gasteiger partial charge < -0.3 is 15.1 Å². The fourth-order valence-corrected chi connectivity index (χ4v) is 5.03. The third kappa shape index (κ3) is 4.70. The van der Waals surface area contributed by atoms with Crippen molar-refractivity contribution in [2.75, 3.05) is 36.4 Å². The Morgan fingerprint density at radius 2 is 1.77 bits per heavy atom. The second-order valence-electron chi connectivity index (χ2n) is 9.53. The molecule has 35 heavy (non-hydrogen) atoms. The van der Waals surface area contributed by atoms with E-state index in [9.17, 15) is 13.6 Å². The minimum atomic E-state index is -0.506. The Labute approximate surface area is 206 Å². The number of amides is 1. The van der Waals surface area contributed by atoms with Crippen molar-refractivity contribution < 1.29 is 13.6 Å². The molecule has 0 atom stereocenters. The first kappa shape index (κ1) is 23.2. The van der Waals surface area contributed by atoms with E-state index in [0.717, 1.165) is 5.13 Å². The summed E-state index contributed by atoms with van der Waals surface area (Å²) in [6, 6.07) is 12.4. The van der Waals surface area contributed by atoms with Crippen molar-refractivity contribution in [1.29, 1.82) is 0 Å². The Kier molecular flexibility index (Phi) is 5.92. The second kappa shape index (κ2) is 8.92. The number of nitrogens with zero attached hydrogens (tertiary/aromatic N) is 5. The van der Waals surface area contributed by atoms with E-state index in [-0.39, 0.29) is 22.8 Å².